The zero-order valence-corrected chi connectivity index (χ0v) is 10.8. The van der Waals surface area contributed by atoms with E-state index in [1.807, 2.05) is 24.7 Å². The Balaban J connectivity index is 1.87. The first kappa shape index (κ1) is 11.1. The third-order valence-electron chi connectivity index (χ3n) is 3.55. The molecule has 0 unspecified atom stereocenters. The largest absolute Gasteiger partial charge is 0.399 e. The van der Waals surface area contributed by atoms with Gasteiger partial charge in [-0.15, -0.1) is 0 Å². The maximum absolute atomic E-state index is 5.82. The van der Waals surface area contributed by atoms with Crippen LogP contribution < -0.4 is 10.6 Å². The third kappa shape index (κ3) is 1.83. The lowest BCUT2D eigenvalue weighted by Gasteiger charge is -2.19. The molecule has 1 aromatic carbocycles. The monoisotopic (exact) mass is 242 g/mol. The molecule has 0 radical (unpaired) electrons. The number of hydrogen-bond acceptors (Lipinski definition) is 3. The topological polar surface area (TPSA) is 47.1 Å². The van der Waals surface area contributed by atoms with Crippen LogP contribution in [0.25, 0.3) is 0 Å². The minimum atomic E-state index is 0.854. The Kier molecular flexibility index (Phi) is 2.51. The van der Waals surface area contributed by atoms with Crippen molar-refractivity contribution in [1.82, 2.24) is 9.78 Å². The van der Waals surface area contributed by atoms with Gasteiger partial charge in [0, 0.05) is 25.0 Å². The number of nitrogens with two attached hydrogens (primary N) is 1. The van der Waals surface area contributed by atoms with E-state index in [4.69, 9.17) is 5.73 Å². The van der Waals surface area contributed by atoms with Gasteiger partial charge < -0.3 is 10.6 Å². The molecule has 0 atom stereocenters. The normalized spacial score (nSPS) is 14.0. The van der Waals surface area contributed by atoms with Crippen LogP contribution in [0.2, 0.25) is 0 Å². The molecule has 1 aliphatic heterocycles. The number of fused-ring (bicyclic) bond motifs is 1. The number of aryl methyl sites for hydroxylation is 2. The number of rotatable bonds is 2. The average Bonchev–Trinajstić information content (AvgIpc) is 2.84. The molecule has 94 valence electrons. The molecule has 0 bridgehead atoms. The predicted molar refractivity (Wildman–Crippen MR) is 73.6 cm³/mol. The van der Waals surface area contributed by atoms with Crippen LogP contribution in [0.3, 0.4) is 0 Å². The fraction of sp³-hybridized carbons (Fsp3) is 0.357. The van der Waals surface area contributed by atoms with Crippen molar-refractivity contribution in [2.75, 3.05) is 17.2 Å². The van der Waals surface area contributed by atoms with E-state index in [9.17, 15) is 0 Å². The summed E-state index contributed by atoms with van der Waals surface area (Å²) >= 11 is 0. The maximum atomic E-state index is 5.82. The second-order valence-electron chi connectivity index (χ2n) is 4.96. The first-order chi connectivity index (χ1) is 8.63. The van der Waals surface area contributed by atoms with Gasteiger partial charge in [0.1, 0.15) is 0 Å². The molecule has 4 nitrogen and oxygen atoms in total. The Labute approximate surface area is 107 Å². The van der Waals surface area contributed by atoms with E-state index in [1.54, 1.807) is 0 Å². The number of benzene rings is 1. The quantitative estimate of drug-likeness (QED) is 0.818. The number of aromatic nitrogens is 2. The van der Waals surface area contributed by atoms with Gasteiger partial charge in [0.15, 0.2) is 0 Å². The number of nitrogens with zero attached hydrogens (tertiary/aromatic N) is 3. The SMILES string of the molecule is Cc1cc(CN2CCc3cc(N)ccc32)n(C)n1. The van der Waals surface area contributed by atoms with Gasteiger partial charge in [-0.2, -0.15) is 5.10 Å². The Morgan fingerprint density at radius 3 is 2.89 bits per heavy atom. The summed E-state index contributed by atoms with van der Waals surface area (Å²) in [5.41, 5.74) is 11.7. The van der Waals surface area contributed by atoms with E-state index in [0.29, 0.717) is 0 Å². The van der Waals surface area contributed by atoms with Crippen molar-refractivity contribution >= 4 is 11.4 Å². The lowest BCUT2D eigenvalue weighted by atomic mass is 10.1. The van der Waals surface area contributed by atoms with Gasteiger partial charge in [-0.25, -0.2) is 0 Å². The number of hydrogen-bond donors (Lipinski definition) is 1. The maximum Gasteiger partial charge on any atom is 0.0599 e. The van der Waals surface area contributed by atoms with Gasteiger partial charge in [0.05, 0.1) is 17.9 Å². The van der Waals surface area contributed by atoms with Crippen molar-refractivity contribution in [2.45, 2.75) is 19.9 Å². The molecule has 2 N–H and O–H groups in total. The van der Waals surface area contributed by atoms with Crippen molar-refractivity contribution in [3.63, 3.8) is 0 Å². The van der Waals surface area contributed by atoms with E-state index < -0.39 is 0 Å². The second kappa shape index (κ2) is 4.05. The highest BCUT2D eigenvalue weighted by Crippen LogP contribution is 2.30. The Bertz CT molecular complexity index is 585. The summed E-state index contributed by atoms with van der Waals surface area (Å²) in [5.74, 6) is 0. The molecule has 2 heterocycles. The molecule has 18 heavy (non-hydrogen) atoms. The summed E-state index contributed by atoms with van der Waals surface area (Å²) < 4.78 is 1.96. The Hall–Kier alpha value is -1.97. The van der Waals surface area contributed by atoms with Crippen LogP contribution in [-0.2, 0) is 20.0 Å². The predicted octanol–water partition coefficient (Wildman–Crippen LogP) is 1.87. The minimum absolute atomic E-state index is 0.854. The van der Waals surface area contributed by atoms with Gasteiger partial charge in [0.2, 0.25) is 0 Å². The summed E-state index contributed by atoms with van der Waals surface area (Å²) in [4.78, 5) is 2.39. The van der Waals surface area contributed by atoms with Crippen LogP contribution in [0.15, 0.2) is 24.3 Å². The highest BCUT2D eigenvalue weighted by atomic mass is 15.3. The molecule has 0 saturated carbocycles. The van der Waals surface area contributed by atoms with E-state index in [-0.39, 0.29) is 0 Å². The third-order valence-corrected chi connectivity index (χ3v) is 3.55. The minimum Gasteiger partial charge on any atom is -0.399 e. The molecule has 3 rings (SSSR count). The molecular formula is C14H18N4. The second-order valence-corrected chi connectivity index (χ2v) is 4.96. The molecule has 0 aliphatic carbocycles. The highest BCUT2D eigenvalue weighted by molar-refractivity contribution is 5.63. The van der Waals surface area contributed by atoms with Crippen molar-refractivity contribution in [1.29, 1.82) is 0 Å². The molecule has 0 saturated heterocycles. The molecule has 1 aromatic heterocycles. The molecule has 0 spiro atoms. The molecule has 1 aliphatic rings. The van der Waals surface area contributed by atoms with Gasteiger partial charge in [-0.3, -0.25) is 4.68 Å². The van der Waals surface area contributed by atoms with Crippen molar-refractivity contribution in [3.05, 3.63) is 41.2 Å². The Morgan fingerprint density at radius 1 is 1.33 bits per heavy atom. The molecule has 2 aromatic rings. The molecule has 4 heteroatoms. The molecule has 0 fully saturated rings. The zero-order valence-electron chi connectivity index (χ0n) is 10.8. The smallest absolute Gasteiger partial charge is 0.0599 e. The van der Waals surface area contributed by atoms with Crippen molar-refractivity contribution in [2.24, 2.45) is 7.05 Å². The van der Waals surface area contributed by atoms with Crippen LogP contribution >= 0.6 is 0 Å². The average molecular weight is 242 g/mol. The number of anilines is 2. The van der Waals surface area contributed by atoms with Crippen molar-refractivity contribution < 1.29 is 0 Å². The number of nitrogen functional groups attached to an aromatic ring is 1. The Morgan fingerprint density at radius 2 is 2.17 bits per heavy atom. The van der Waals surface area contributed by atoms with Crippen LogP contribution in [-0.4, -0.2) is 16.3 Å². The summed E-state index contributed by atoms with van der Waals surface area (Å²) in [5, 5.41) is 4.39. The summed E-state index contributed by atoms with van der Waals surface area (Å²) in [6, 6.07) is 8.34. The fourth-order valence-electron chi connectivity index (χ4n) is 2.66. The van der Waals surface area contributed by atoms with E-state index in [0.717, 1.165) is 30.9 Å². The molecule has 0 amide bonds. The standard InChI is InChI=1S/C14H18N4/c1-10-7-13(17(2)16-10)9-18-6-5-11-8-12(15)3-4-14(11)18/h3-4,7-8H,5-6,9,15H2,1-2H3. The van der Waals surface area contributed by atoms with Gasteiger partial charge in [-0.1, -0.05) is 0 Å². The highest BCUT2D eigenvalue weighted by Gasteiger charge is 2.20. The van der Waals surface area contributed by atoms with Gasteiger partial charge in [0.25, 0.3) is 0 Å². The zero-order chi connectivity index (χ0) is 12.7. The fourth-order valence-corrected chi connectivity index (χ4v) is 2.66. The first-order valence-electron chi connectivity index (χ1n) is 6.26. The summed E-state index contributed by atoms with van der Waals surface area (Å²) in [6.07, 6.45) is 1.08. The lowest BCUT2D eigenvalue weighted by molar-refractivity contribution is 0.684. The van der Waals surface area contributed by atoms with Crippen LogP contribution in [0.5, 0.6) is 0 Å². The van der Waals surface area contributed by atoms with Crippen molar-refractivity contribution in [3.8, 4) is 0 Å². The van der Waals surface area contributed by atoms with Crippen LogP contribution in [0, 0.1) is 6.92 Å². The molecular weight excluding hydrogens is 224 g/mol. The van der Waals surface area contributed by atoms with Crippen LogP contribution in [0.1, 0.15) is 17.0 Å². The summed E-state index contributed by atoms with van der Waals surface area (Å²) in [6.45, 7) is 4.00. The van der Waals surface area contributed by atoms with E-state index in [1.165, 1.54) is 16.9 Å². The van der Waals surface area contributed by atoms with E-state index in [2.05, 4.69) is 28.2 Å². The summed E-state index contributed by atoms with van der Waals surface area (Å²) in [7, 11) is 2.00. The van der Waals surface area contributed by atoms with Crippen LogP contribution in [0.4, 0.5) is 11.4 Å². The van der Waals surface area contributed by atoms with Gasteiger partial charge >= 0.3 is 0 Å². The first-order valence-corrected chi connectivity index (χ1v) is 6.26. The van der Waals surface area contributed by atoms with Gasteiger partial charge in [-0.05, 0) is 43.2 Å². The lowest BCUT2D eigenvalue weighted by Crippen LogP contribution is -2.21. The van der Waals surface area contributed by atoms with E-state index >= 15 is 0 Å².